The van der Waals surface area contributed by atoms with Crippen molar-refractivity contribution >= 4 is 17.2 Å². The van der Waals surface area contributed by atoms with E-state index in [-0.39, 0.29) is 17.4 Å². The highest BCUT2D eigenvalue weighted by Gasteiger charge is 2.23. The summed E-state index contributed by atoms with van der Waals surface area (Å²) in [5.41, 5.74) is 1.45. The second kappa shape index (κ2) is 8.46. The monoisotopic (exact) mass is 422 g/mol. The number of hydrogen-bond acceptors (Lipinski definition) is 5. The van der Waals surface area contributed by atoms with Gasteiger partial charge >= 0.3 is 0 Å². The summed E-state index contributed by atoms with van der Waals surface area (Å²) in [6.07, 6.45) is 3.49. The smallest absolute Gasteiger partial charge is 0.271 e. The molecule has 0 saturated carbocycles. The van der Waals surface area contributed by atoms with Gasteiger partial charge in [0.2, 0.25) is 0 Å². The van der Waals surface area contributed by atoms with Crippen molar-refractivity contribution in [2.24, 2.45) is 7.05 Å². The molecule has 0 aliphatic rings. The summed E-state index contributed by atoms with van der Waals surface area (Å²) in [7, 11) is 3.46. The molecule has 0 radical (unpaired) electrons. The van der Waals surface area contributed by atoms with Gasteiger partial charge in [-0.3, -0.25) is 4.79 Å². The highest BCUT2D eigenvalue weighted by Crippen LogP contribution is 2.27. The Morgan fingerprint density at radius 1 is 1.20 bits per heavy atom. The van der Waals surface area contributed by atoms with Crippen LogP contribution < -0.4 is 10.1 Å². The van der Waals surface area contributed by atoms with E-state index < -0.39 is 6.04 Å². The van der Waals surface area contributed by atoms with Crippen LogP contribution in [0.4, 0.5) is 4.39 Å². The highest BCUT2D eigenvalue weighted by atomic mass is 32.1. The van der Waals surface area contributed by atoms with E-state index in [1.54, 1.807) is 36.9 Å². The van der Waals surface area contributed by atoms with Gasteiger partial charge in [0.15, 0.2) is 0 Å². The maximum Gasteiger partial charge on any atom is 0.271 e. The molecule has 0 aliphatic carbocycles. The molecular formula is C22H19FN4O2S. The lowest BCUT2D eigenvalue weighted by molar-refractivity contribution is 0.0937. The highest BCUT2D eigenvalue weighted by molar-refractivity contribution is 7.13. The van der Waals surface area contributed by atoms with Gasteiger partial charge in [-0.05, 0) is 29.8 Å². The minimum absolute atomic E-state index is 0.228. The lowest BCUT2D eigenvalue weighted by atomic mass is 10.1. The van der Waals surface area contributed by atoms with E-state index in [9.17, 15) is 9.18 Å². The Hall–Kier alpha value is -3.52. The van der Waals surface area contributed by atoms with E-state index in [1.165, 1.54) is 17.4 Å². The molecule has 1 unspecified atom stereocenters. The summed E-state index contributed by atoms with van der Waals surface area (Å²) in [5.74, 6) is 0.663. The fourth-order valence-electron chi connectivity index (χ4n) is 3.09. The van der Waals surface area contributed by atoms with E-state index in [1.807, 2.05) is 42.1 Å². The molecule has 1 atom stereocenters. The predicted molar refractivity (Wildman–Crippen MR) is 113 cm³/mol. The van der Waals surface area contributed by atoms with Gasteiger partial charge in [-0.15, -0.1) is 11.3 Å². The lowest BCUT2D eigenvalue weighted by Gasteiger charge is -2.19. The van der Waals surface area contributed by atoms with Crippen LogP contribution in [0.2, 0.25) is 0 Å². The van der Waals surface area contributed by atoms with Gasteiger partial charge in [0, 0.05) is 30.4 Å². The van der Waals surface area contributed by atoms with Gasteiger partial charge in [0.05, 0.1) is 7.11 Å². The number of methoxy groups -OCH3 is 1. The second-order valence-corrected chi connectivity index (χ2v) is 7.45. The number of rotatable bonds is 6. The summed E-state index contributed by atoms with van der Waals surface area (Å²) < 4.78 is 21.1. The zero-order valence-corrected chi connectivity index (χ0v) is 17.2. The van der Waals surface area contributed by atoms with E-state index in [4.69, 9.17) is 4.74 Å². The summed E-state index contributed by atoms with van der Waals surface area (Å²) in [6.45, 7) is 0. The number of ether oxygens (including phenoxy) is 1. The fourth-order valence-corrected chi connectivity index (χ4v) is 3.92. The second-order valence-electron chi connectivity index (χ2n) is 6.59. The SMILES string of the molecule is COc1ccc(C(NC(=O)c2csc(-c3ccccc3F)n2)c2nccn2C)cc1. The van der Waals surface area contributed by atoms with Crippen LogP contribution in [0.3, 0.4) is 0 Å². The van der Waals surface area contributed by atoms with Crippen LogP contribution in [0.25, 0.3) is 10.6 Å². The summed E-state index contributed by atoms with van der Waals surface area (Å²) in [4.78, 5) is 21.7. The van der Waals surface area contributed by atoms with E-state index in [0.29, 0.717) is 16.4 Å². The van der Waals surface area contributed by atoms with Gasteiger partial charge in [-0.2, -0.15) is 0 Å². The quantitative estimate of drug-likeness (QED) is 0.505. The van der Waals surface area contributed by atoms with Gasteiger partial charge in [0.25, 0.3) is 5.91 Å². The van der Waals surface area contributed by atoms with Crippen molar-refractivity contribution in [1.29, 1.82) is 0 Å². The first-order valence-electron chi connectivity index (χ1n) is 9.19. The number of carbonyl (C=O) groups excluding carboxylic acids is 1. The van der Waals surface area contributed by atoms with Gasteiger partial charge in [0.1, 0.15) is 34.1 Å². The van der Waals surface area contributed by atoms with Crippen LogP contribution in [-0.2, 0) is 7.05 Å². The van der Waals surface area contributed by atoms with Gasteiger partial charge in [-0.1, -0.05) is 24.3 Å². The molecule has 30 heavy (non-hydrogen) atoms. The van der Waals surface area contributed by atoms with Crippen molar-refractivity contribution in [1.82, 2.24) is 19.9 Å². The van der Waals surface area contributed by atoms with Crippen molar-refractivity contribution in [3.63, 3.8) is 0 Å². The molecule has 0 spiro atoms. The molecule has 0 saturated heterocycles. The van der Waals surface area contributed by atoms with Crippen LogP contribution in [0.1, 0.15) is 27.9 Å². The molecule has 0 fully saturated rings. The maximum atomic E-state index is 14.1. The van der Waals surface area contributed by atoms with E-state index >= 15 is 0 Å². The van der Waals surface area contributed by atoms with Crippen molar-refractivity contribution in [2.45, 2.75) is 6.04 Å². The van der Waals surface area contributed by atoms with Crippen LogP contribution in [0.15, 0.2) is 66.3 Å². The summed E-state index contributed by atoms with van der Waals surface area (Å²) >= 11 is 1.22. The number of aromatic nitrogens is 3. The molecule has 4 rings (SSSR count). The van der Waals surface area contributed by atoms with Crippen LogP contribution in [0, 0.1) is 5.82 Å². The number of imidazole rings is 1. The number of nitrogens with one attached hydrogen (secondary N) is 1. The number of halogens is 1. The summed E-state index contributed by atoms with van der Waals surface area (Å²) in [6, 6.07) is 13.3. The molecule has 2 aromatic carbocycles. The van der Waals surface area contributed by atoms with Gasteiger partial charge < -0.3 is 14.6 Å². The van der Waals surface area contributed by atoms with Crippen molar-refractivity contribution in [3.05, 3.63) is 89.2 Å². The minimum atomic E-state index is -0.484. The Balaban J connectivity index is 1.62. The first kappa shape index (κ1) is 19.8. The van der Waals surface area contributed by atoms with Crippen molar-refractivity contribution in [2.75, 3.05) is 7.11 Å². The number of nitrogens with zero attached hydrogens (tertiary/aromatic N) is 3. The van der Waals surface area contributed by atoms with E-state index in [0.717, 1.165) is 11.3 Å². The molecule has 1 N–H and O–H groups in total. The number of thiazole rings is 1. The zero-order chi connectivity index (χ0) is 21.1. The van der Waals surface area contributed by atoms with Crippen LogP contribution >= 0.6 is 11.3 Å². The molecule has 6 nitrogen and oxygen atoms in total. The molecule has 4 aromatic rings. The zero-order valence-electron chi connectivity index (χ0n) is 16.4. The Labute approximate surface area is 177 Å². The largest absolute Gasteiger partial charge is 0.497 e. The number of hydrogen-bond donors (Lipinski definition) is 1. The Bertz CT molecular complexity index is 1170. The minimum Gasteiger partial charge on any atom is -0.497 e. The predicted octanol–water partition coefficient (Wildman–Crippen LogP) is 4.21. The van der Waals surface area contributed by atoms with E-state index in [2.05, 4.69) is 15.3 Å². The number of benzene rings is 2. The standard InChI is InChI=1S/C22H19FN4O2S/c1-27-12-11-24-20(27)19(14-7-9-15(29-2)10-8-14)26-21(28)18-13-30-22(25-18)16-5-3-4-6-17(16)23/h3-13,19H,1-2H3,(H,26,28). The molecule has 0 aliphatic heterocycles. The maximum absolute atomic E-state index is 14.1. The molecular weight excluding hydrogens is 403 g/mol. The molecule has 2 aromatic heterocycles. The van der Waals surface area contributed by atoms with Crippen molar-refractivity contribution < 1.29 is 13.9 Å². The number of amides is 1. The average molecular weight is 422 g/mol. The topological polar surface area (TPSA) is 69.0 Å². The first-order chi connectivity index (χ1) is 14.6. The van der Waals surface area contributed by atoms with Gasteiger partial charge in [-0.25, -0.2) is 14.4 Å². The summed E-state index contributed by atoms with van der Waals surface area (Å²) in [5, 5.41) is 5.08. The van der Waals surface area contributed by atoms with Crippen LogP contribution in [0.5, 0.6) is 5.75 Å². The van der Waals surface area contributed by atoms with Crippen molar-refractivity contribution in [3.8, 4) is 16.3 Å². The first-order valence-corrected chi connectivity index (χ1v) is 10.1. The van der Waals surface area contributed by atoms with Crippen LogP contribution in [-0.4, -0.2) is 27.6 Å². The third-order valence-electron chi connectivity index (χ3n) is 4.68. The average Bonchev–Trinajstić information content (AvgIpc) is 3.42. The molecule has 8 heteroatoms. The number of aryl methyl sites for hydroxylation is 1. The normalized spacial score (nSPS) is 11.8. The molecule has 0 bridgehead atoms. The Morgan fingerprint density at radius 3 is 2.63 bits per heavy atom. The Morgan fingerprint density at radius 2 is 1.97 bits per heavy atom. The molecule has 1 amide bonds. The number of carbonyl (C=O) groups is 1. The molecule has 2 heterocycles. The third-order valence-corrected chi connectivity index (χ3v) is 5.56. The molecule has 152 valence electrons. The Kier molecular flexibility index (Phi) is 5.58. The third kappa shape index (κ3) is 3.95. The fraction of sp³-hybridized carbons (Fsp3) is 0.136. The lowest BCUT2D eigenvalue weighted by Crippen LogP contribution is -2.31.